The van der Waals surface area contributed by atoms with Crippen LogP contribution in [0.1, 0.15) is 41.8 Å². The molecule has 1 aliphatic heterocycles. The normalized spacial score (nSPS) is 16.0. The van der Waals surface area contributed by atoms with Gasteiger partial charge in [-0.05, 0) is 48.2 Å². The third-order valence-electron chi connectivity index (χ3n) is 5.14. The van der Waals surface area contributed by atoms with Crippen molar-refractivity contribution in [2.75, 3.05) is 11.4 Å². The molecule has 0 saturated carbocycles. The second kappa shape index (κ2) is 9.22. The van der Waals surface area contributed by atoms with Crippen molar-refractivity contribution in [3.05, 3.63) is 63.6 Å². The maximum atomic E-state index is 12.7. The van der Waals surface area contributed by atoms with Gasteiger partial charge in [0, 0.05) is 28.7 Å². The zero-order valence-corrected chi connectivity index (χ0v) is 18.1. The van der Waals surface area contributed by atoms with Crippen molar-refractivity contribution in [1.82, 2.24) is 10.9 Å². The molecule has 0 spiro atoms. The molecule has 1 aliphatic rings. The van der Waals surface area contributed by atoms with Crippen LogP contribution in [0.4, 0.5) is 5.69 Å². The summed E-state index contributed by atoms with van der Waals surface area (Å²) in [6.07, 6.45) is 1.75. The third kappa shape index (κ3) is 4.67. The second-order valence-corrected chi connectivity index (χ2v) is 7.90. The number of nitrogens with zero attached hydrogens (tertiary/aromatic N) is 1. The van der Waals surface area contributed by atoms with E-state index in [1.807, 2.05) is 18.2 Å². The molecule has 7 heteroatoms. The molecule has 3 amide bonds. The number of aryl methyl sites for hydroxylation is 2. The van der Waals surface area contributed by atoms with E-state index in [9.17, 15) is 14.4 Å². The summed E-state index contributed by atoms with van der Waals surface area (Å²) in [7, 11) is 0. The SMILES string of the molecule is CCc1cccc(CC)c1N1C[C@@H](C(=O)NNC(=O)c2ccc(Br)cc2)CC1=O. The Morgan fingerprint density at radius 3 is 2.24 bits per heavy atom. The minimum absolute atomic E-state index is 0.0695. The summed E-state index contributed by atoms with van der Waals surface area (Å²) < 4.78 is 0.862. The molecule has 0 aliphatic carbocycles. The Hall–Kier alpha value is -2.67. The zero-order valence-electron chi connectivity index (χ0n) is 16.5. The Labute approximate surface area is 178 Å². The molecule has 0 bridgehead atoms. The van der Waals surface area contributed by atoms with E-state index < -0.39 is 11.8 Å². The van der Waals surface area contributed by atoms with Gasteiger partial charge in [-0.2, -0.15) is 0 Å². The van der Waals surface area contributed by atoms with Crippen molar-refractivity contribution >= 4 is 39.3 Å². The van der Waals surface area contributed by atoms with Gasteiger partial charge in [0.15, 0.2) is 0 Å². The van der Waals surface area contributed by atoms with Crippen LogP contribution in [-0.4, -0.2) is 24.3 Å². The summed E-state index contributed by atoms with van der Waals surface area (Å²) in [5, 5.41) is 0. The number of hydrogen-bond donors (Lipinski definition) is 2. The molecule has 3 rings (SSSR count). The summed E-state index contributed by atoms with van der Waals surface area (Å²) in [4.78, 5) is 39.1. The molecule has 0 aromatic heterocycles. The number of carbonyl (C=O) groups excluding carboxylic acids is 3. The number of nitrogens with one attached hydrogen (secondary N) is 2. The highest BCUT2D eigenvalue weighted by Crippen LogP contribution is 2.32. The largest absolute Gasteiger partial charge is 0.311 e. The van der Waals surface area contributed by atoms with Gasteiger partial charge in [-0.1, -0.05) is 48.0 Å². The van der Waals surface area contributed by atoms with Crippen LogP contribution in [0, 0.1) is 5.92 Å². The highest BCUT2D eigenvalue weighted by molar-refractivity contribution is 9.10. The fraction of sp³-hybridized carbons (Fsp3) is 0.318. The molecule has 1 atom stereocenters. The van der Waals surface area contributed by atoms with Gasteiger partial charge in [0.25, 0.3) is 5.91 Å². The van der Waals surface area contributed by atoms with Gasteiger partial charge in [0.1, 0.15) is 0 Å². The number of benzene rings is 2. The van der Waals surface area contributed by atoms with E-state index in [0.29, 0.717) is 12.1 Å². The maximum Gasteiger partial charge on any atom is 0.269 e. The van der Waals surface area contributed by atoms with Crippen LogP contribution in [0.2, 0.25) is 0 Å². The van der Waals surface area contributed by atoms with Crippen LogP contribution in [0.25, 0.3) is 0 Å². The van der Waals surface area contributed by atoms with Gasteiger partial charge in [-0.3, -0.25) is 25.2 Å². The highest BCUT2D eigenvalue weighted by atomic mass is 79.9. The highest BCUT2D eigenvalue weighted by Gasteiger charge is 2.36. The minimum Gasteiger partial charge on any atom is -0.311 e. The topological polar surface area (TPSA) is 78.5 Å². The molecular formula is C22H24BrN3O3. The molecule has 0 radical (unpaired) electrons. The molecule has 1 saturated heterocycles. The maximum absolute atomic E-state index is 12.7. The van der Waals surface area contributed by atoms with Crippen molar-refractivity contribution in [1.29, 1.82) is 0 Å². The lowest BCUT2D eigenvalue weighted by molar-refractivity contribution is -0.126. The van der Waals surface area contributed by atoms with Gasteiger partial charge in [0.2, 0.25) is 11.8 Å². The molecule has 2 N–H and O–H groups in total. The quantitative estimate of drug-likeness (QED) is 0.675. The second-order valence-electron chi connectivity index (χ2n) is 6.99. The first-order valence-corrected chi connectivity index (χ1v) is 10.5. The number of para-hydroxylation sites is 1. The van der Waals surface area contributed by atoms with Crippen LogP contribution in [0.5, 0.6) is 0 Å². The average molecular weight is 458 g/mol. The molecule has 1 heterocycles. The number of halogens is 1. The molecule has 6 nitrogen and oxygen atoms in total. The molecule has 152 valence electrons. The van der Waals surface area contributed by atoms with E-state index in [2.05, 4.69) is 40.6 Å². The van der Waals surface area contributed by atoms with Crippen molar-refractivity contribution in [2.45, 2.75) is 33.1 Å². The van der Waals surface area contributed by atoms with Gasteiger partial charge in [0.05, 0.1) is 5.92 Å². The van der Waals surface area contributed by atoms with E-state index in [4.69, 9.17) is 0 Å². The Morgan fingerprint density at radius 1 is 1.03 bits per heavy atom. The van der Waals surface area contributed by atoms with Crippen LogP contribution in [0.3, 0.4) is 0 Å². The van der Waals surface area contributed by atoms with Gasteiger partial charge in [-0.25, -0.2) is 0 Å². The fourth-order valence-electron chi connectivity index (χ4n) is 3.55. The average Bonchev–Trinajstić information content (AvgIpc) is 3.12. The van der Waals surface area contributed by atoms with E-state index >= 15 is 0 Å². The first-order valence-electron chi connectivity index (χ1n) is 9.71. The fourth-order valence-corrected chi connectivity index (χ4v) is 3.82. The number of carbonyl (C=O) groups is 3. The molecule has 0 unspecified atom stereocenters. The zero-order chi connectivity index (χ0) is 21.0. The lowest BCUT2D eigenvalue weighted by Gasteiger charge is -2.23. The molecule has 29 heavy (non-hydrogen) atoms. The number of anilines is 1. The molecule has 2 aromatic carbocycles. The Kier molecular flexibility index (Phi) is 6.69. The lowest BCUT2D eigenvalue weighted by atomic mass is 10.0. The first-order chi connectivity index (χ1) is 13.9. The molecule has 2 aromatic rings. The monoisotopic (exact) mass is 457 g/mol. The Balaban J connectivity index is 1.66. The van der Waals surface area contributed by atoms with Gasteiger partial charge in [-0.15, -0.1) is 0 Å². The third-order valence-corrected chi connectivity index (χ3v) is 5.66. The van der Waals surface area contributed by atoms with Gasteiger partial charge < -0.3 is 4.90 Å². The summed E-state index contributed by atoms with van der Waals surface area (Å²) in [6.45, 7) is 4.42. The van der Waals surface area contributed by atoms with Gasteiger partial charge >= 0.3 is 0 Å². The smallest absolute Gasteiger partial charge is 0.269 e. The summed E-state index contributed by atoms with van der Waals surface area (Å²) >= 11 is 3.31. The van der Waals surface area contributed by atoms with Crippen molar-refractivity contribution in [3.63, 3.8) is 0 Å². The summed E-state index contributed by atoms with van der Waals surface area (Å²) in [5.74, 6) is -1.35. The predicted octanol–water partition coefficient (Wildman–Crippen LogP) is 3.39. The minimum atomic E-state index is -0.512. The lowest BCUT2D eigenvalue weighted by Crippen LogP contribution is -2.45. The van der Waals surface area contributed by atoms with E-state index in [0.717, 1.165) is 34.1 Å². The molecular weight excluding hydrogens is 434 g/mol. The number of rotatable bonds is 5. The summed E-state index contributed by atoms with van der Waals surface area (Å²) in [6, 6.07) is 12.9. The number of amides is 3. The Bertz CT molecular complexity index is 905. The standard InChI is InChI=1S/C22H24BrN3O3/c1-3-14-6-5-7-15(4-2)20(14)26-13-17(12-19(26)27)22(29)25-24-21(28)16-8-10-18(23)11-9-16/h5-11,17H,3-4,12-13H2,1-2H3,(H,24,28)(H,25,29)/t17-/m0/s1. The van der Waals surface area contributed by atoms with Crippen LogP contribution in [-0.2, 0) is 22.4 Å². The van der Waals surface area contributed by atoms with E-state index in [1.54, 1.807) is 29.2 Å². The van der Waals surface area contributed by atoms with E-state index in [1.165, 1.54) is 0 Å². The summed E-state index contributed by atoms with van der Waals surface area (Å²) in [5.41, 5.74) is 8.44. The van der Waals surface area contributed by atoms with Crippen molar-refractivity contribution in [3.8, 4) is 0 Å². The van der Waals surface area contributed by atoms with Crippen LogP contribution < -0.4 is 15.8 Å². The van der Waals surface area contributed by atoms with Crippen LogP contribution >= 0.6 is 15.9 Å². The number of hydrazine groups is 1. The van der Waals surface area contributed by atoms with Crippen molar-refractivity contribution in [2.24, 2.45) is 5.92 Å². The van der Waals surface area contributed by atoms with E-state index in [-0.39, 0.29) is 18.2 Å². The van der Waals surface area contributed by atoms with Crippen LogP contribution in [0.15, 0.2) is 46.9 Å². The Morgan fingerprint density at radius 2 is 1.66 bits per heavy atom. The predicted molar refractivity (Wildman–Crippen MR) is 115 cm³/mol. The number of hydrogen-bond acceptors (Lipinski definition) is 3. The van der Waals surface area contributed by atoms with Crippen molar-refractivity contribution < 1.29 is 14.4 Å². The molecule has 1 fully saturated rings. The first kappa shape index (κ1) is 21.0.